The van der Waals surface area contributed by atoms with Gasteiger partial charge in [-0.05, 0) is 38.1 Å². The number of nitrogens with zero attached hydrogens (tertiary/aromatic N) is 6. The molecule has 0 aliphatic rings. The Balaban J connectivity index is 1.68. The monoisotopic (exact) mass is 474 g/mol. The van der Waals surface area contributed by atoms with Crippen LogP contribution < -0.4 is 16.6 Å². The number of benzene rings is 2. The molecule has 2 aromatic carbocycles. The van der Waals surface area contributed by atoms with E-state index in [0.29, 0.717) is 44.6 Å². The van der Waals surface area contributed by atoms with Gasteiger partial charge in [-0.2, -0.15) is 4.98 Å². The van der Waals surface area contributed by atoms with Gasteiger partial charge in [-0.15, -0.1) is 0 Å². The van der Waals surface area contributed by atoms with Crippen LogP contribution in [0.5, 0.6) is 0 Å². The summed E-state index contributed by atoms with van der Waals surface area (Å²) < 4.78 is 6.83. The number of halogens is 1. The lowest BCUT2D eigenvalue weighted by atomic mass is 10.2. The zero-order valence-corrected chi connectivity index (χ0v) is 19.0. The highest BCUT2D eigenvalue weighted by Gasteiger charge is 2.23. The van der Waals surface area contributed by atoms with Gasteiger partial charge in [0.2, 0.25) is 0 Å². The molecular weight excluding hydrogens is 456 g/mol. The van der Waals surface area contributed by atoms with E-state index >= 15 is 0 Å². The predicted molar refractivity (Wildman–Crippen MR) is 129 cm³/mol. The van der Waals surface area contributed by atoms with E-state index in [4.69, 9.17) is 26.8 Å². The van der Waals surface area contributed by atoms with Crippen molar-refractivity contribution in [2.24, 2.45) is 0 Å². The first kappa shape index (κ1) is 21.5. The predicted octanol–water partition coefficient (Wildman–Crippen LogP) is 3.94. The zero-order valence-electron chi connectivity index (χ0n) is 18.2. The number of nitrogen functional groups attached to an aromatic ring is 1. The minimum absolute atomic E-state index is 0.173. The van der Waals surface area contributed by atoms with Gasteiger partial charge >= 0.3 is 0 Å². The molecule has 170 valence electrons. The number of hydrogen-bond acceptors (Lipinski definition) is 9. The van der Waals surface area contributed by atoms with Crippen molar-refractivity contribution in [2.45, 2.75) is 19.9 Å². The van der Waals surface area contributed by atoms with Crippen molar-refractivity contribution in [1.82, 2.24) is 29.7 Å². The van der Waals surface area contributed by atoms with Crippen molar-refractivity contribution < 1.29 is 4.52 Å². The van der Waals surface area contributed by atoms with Crippen molar-refractivity contribution in [1.29, 1.82) is 0 Å². The van der Waals surface area contributed by atoms with Gasteiger partial charge in [-0.25, -0.2) is 15.0 Å². The van der Waals surface area contributed by atoms with Crippen LogP contribution in [0.4, 0.5) is 11.6 Å². The van der Waals surface area contributed by atoms with Crippen LogP contribution in [0, 0.1) is 6.92 Å². The van der Waals surface area contributed by atoms with Crippen LogP contribution in [0.3, 0.4) is 0 Å². The number of aryl methyl sites for hydroxylation is 1. The third-order valence-corrected chi connectivity index (χ3v) is 5.56. The fraction of sp³-hybridized carbons (Fsp3) is 0.130. The molecule has 3 N–H and O–H groups in total. The fourth-order valence-corrected chi connectivity index (χ4v) is 3.96. The molecule has 5 rings (SSSR count). The molecule has 1 atom stereocenters. The summed E-state index contributed by atoms with van der Waals surface area (Å²) in [5.41, 5.74) is 7.34. The summed E-state index contributed by atoms with van der Waals surface area (Å²) >= 11 is 6.37. The van der Waals surface area contributed by atoms with Crippen molar-refractivity contribution in [2.75, 3.05) is 11.1 Å². The molecule has 0 spiro atoms. The molecule has 3 heterocycles. The number of aromatic nitrogens is 6. The second-order valence-electron chi connectivity index (χ2n) is 7.58. The highest BCUT2D eigenvalue weighted by Crippen LogP contribution is 2.32. The SMILES string of the molecule is Cc1noc(-c2c(N)ncnc2NC(C)c2nc3cccc(Cl)c3c(=O)n2-c2ccccc2)n1. The summed E-state index contributed by atoms with van der Waals surface area (Å²) in [5.74, 6) is 1.62. The summed E-state index contributed by atoms with van der Waals surface area (Å²) in [5, 5.41) is 7.79. The van der Waals surface area contributed by atoms with Gasteiger partial charge in [0.1, 0.15) is 29.4 Å². The number of anilines is 2. The lowest BCUT2D eigenvalue weighted by Crippen LogP contribution is -2.27. The van der Waals surface area contributed by atoms with Gasteiger partial charge < -0.3 is 15.6 Å². The van der Waals surface area contributed by atoms with E-state index in [9.17, 15) is 4.79 Å². The Labute approximate surface area is 198 Å². The van der Waals surface area contributed by atoms with Crippen LogP contribution in [0.2, 0.25) is 5.02 Å². The van der Waals surface area contributed by atoms with Gasteiger partial charge in [0.15, 0.2) is 5.82 Å². The van der Waals surface area contributed by atoms with E-state index in [1.165, 1.54) is 10.9 Å². The van der Waals surface area contributed by atoms with Gasteiger partial charge in [0, 0.05) is 0 Å². The number of nitrogens with one attached hydrogen (secondary N) is 1. The van der Waals surface area contributed by atoms with Crippen LogP contribution in [0.1, 0.15) is 24.6 Å². The molecule has 0 aliphatic carbocycles. The van der Waals surface area contributed by atoms with Gasteiger partial charge in [0.05, 0.1) is 27.7 Å². The van der Waals surface area contributed by atoms with Crippen LogP contribution >= 0.6 is 11.6 Å². The van der Waals surface area contributed by atoms with E-state index in [1.807, 2.05) is 37.3 Å². The topological polar surface area (TPSA) is 138 Å². The third kappa shape index (κ3) is 3.73. The van der Waals surface area contributed by atoms with Gasteiger partial charge in [0.25, 0.3) is 11.4 Å². The fourth-order valence-electron chi connectivity index (χ4n) is 3.71. The standard InChI is InChI=1S/C23H19ClN8O2/c1-12(28-20-18(19(25)26-11-27-20)22-29-13(2)31-34-22)21-30-16-10-6-9-15(24)17(16)23(33)32(21)14-7-4-3-5-8-14/h3-12H,1-2H3,(H3,25,26,27,28). The Kier molecular flexibility index (Phi) is 5.42. The Morgan fingerprint density at radius 2 is 1.88 bits per heavy atom. The molecule has 3 aromatic heterocycles. The first-order valence-electron chi connectivity index (χ1n) is 10.4. The summed E-state index contributed by atoms with van der Waals surface area (Å²) in [6.45, 7) is 3.56. The second-order valence-corrected chi connectivity index (χ2v) is 7.98. The van der Waals surface area contributed by atoms with E-state index in [2.05, 4.69) is 25.4 Å². The Morgan fingerprint density at radius 1 is 1.09 bits per heavy atom. The molecule has 0 bridgehead atoms. The number of hydrogen-bond donors (Lipinski definition) is 2. The average molecular weight is 475 g/mol. The largest absolute Gasteiger partial charge is 0.383 e. The summed E-state index contributed by atoms with van der Waals surface area (Å²) in [6.07, 6.45) is 1.33. The number of para-hydroxylation sites is 1. The minimum Gasteiger partial charge on any atom is -0.383 e. The molecule has 11 heteroatoms. The highest BCUT2D eigenvalue weighted by molar-refractivity contribution is 6.35. The molecule has 0 aliphatic heterocycles. The molecule has 0 radical (unpaired) electrons. The van der Waals surface area contributed by atoms with Crippen LogP contribution in [-0.4, -0.2) is 29.7 Å². The smallest absolute Gasteiger partial charge is 0.267 e. The Hall–Kier alpha value is -4.31. The van der Waals surface area contributed by atoms with Crippen LogP contribution in [0.15, 0.2) is 64.2 Å². The number of fused-ring (bicyclic) bond motifs is 1. The molecule has 5 aromatic rings. The molecule has 0 amide bonds. The van der Waals surface area contributed by atoms with E-state index < -0.39 is 6.04 Å². The van der Waals surface area contributed by atoms with E-state index in [-0.39, 0.29) is 17.3 Å². The maximum atomic E-state index is 13.6. The Morgan fingerprint density at radius 3 is 2.62 bits per heavy atom. The minimum atomic E-state index is -0.492. The van der Waals surface area contributed by atoms with Crippen molar-refractivity contribution in [3.8, 4) is 17.1 Å². The quantitative estimate of drug-likeness (QED) is 0.387. The van der Waals surface area contributed by atoms with Crippen molar-refractivity contribution in [3.05, 3.63) is 81.9 Å². The van der Waals surface area contributed by atoms with Crippen LogP contribution in [-0.2, 0) is 0 Å². The highest BCUT2D eigenvalue weighted by atomic mass is 35.5. The zero-order chi connectivity index (χ0) is 23.8. The van der Waals surface area contributed by atoms with Gasteiger partial charge in [-0.1, -0.05) is 41.0 Å². The molecule has 1 unspecified atom stereocenters. The van der Waals surface area contributed by atoms with Crippen molar-refractivity contribution in [3.63, 3.8) is 0 Å². The van der Waals surface area contributed by atoms with E-state index in [0.717, 1.165) is 0 Å². The van der Waals surface area contributed by atoms with Crippen LogP contribution in [0.25, 0.3) is 28.0 Å². The maximum Gasteiger partial charge on any atom is 0.267 e. The normalized spacial score (nSPS) is 12.1. The lowest BCUT2D eigenvalue weighted by Gasteiger charge is -2.21. The molecule has 0 saturated heterocycles. The first-order valence-corrected chi connectivity index (χ1v) is 10.8. The molecule has 10 nitrogen and oxygen atoms in total. The maximum absolute atomic E-state index is 13.6. The van der Waals surface area contributed by atoms with E-state index in [1.54, 1.807) is 25.1 Å². The molecular formula is C23H19ClN8O2. The van der Waals surface area contributed by atoms with Crippen molar-refractivity contribution >= 4 is 34.1 Å². The molecule has 0 fully saturated rings. The number of nitrogens with two attached hydrogens (primary N) is 1. The molecule has 0 saturated carbocycles. The number of rotatable bonds is 5. The summed E-state index contributed by atoms with van der Waals surface area (Å²) in [4.78, 5) is 31.0. The Bertz CT molecular complexity index is 1570. The van der Waals surface area contributed by atoms with Gasteiger partial charge in [-0.3, -0.25) is 9.36 Å². The summed E-state index contributed by atoms with van der Waals surface area (Å²) in [6, 6.07) is 13.9. The third-order valence-electron chi connectivity index (χ3n) is 5.25. The molecule has 34 heavy (non-hydrogen) atoms. The summed E-state index contributed by atoms with van der Waals surface area (Å²) in [7, 11) is 0. The average Bonchev–Trinajstić information content (AvgIpc) is 3.25. The lowest BCUT2D eigenvalue weighted by molar-refractivity contribution is 0.425. The second kappa shape index (κ2) is 8.56. The first-order chi connectivity index (χ1) is 16.4.